The fourth-order valence-electron chi connectivity index (χ4n) is 4.61. The lowest BCUT2D eigenvalue weighted by Crippen LogP contribution is -2.33. The van der Waals surface area contributed by atoms with Gasteiger partial charge in [0.1, 0.15) is 11.9 Å². The Hall–Kier alpha value is -3.19. The minimum absolute atomic E-state index is 0.121. The highest BCUT2D eigenvalue weighted by Crippen LogP contribution is 2.29. The Balaban J connectivity index is 1.33. The molecule has 0 radical (unpaired) electrons. The molecule has 174 valence electrons. The smallest absolute Gasteiger partial charge is 0.302 e. The summed E-state index contributed by atoms with van der Waals surface area (Å²) in [5.41, 5.74) is 1.47. The van der Waals surface area contributed by atoms with Crippen molar-refractivity contribution in [3.05, 3.63) is 65.2 Å². The van der Waals surface area contributed by atoms with Gasteiger partial charge in [-0.1, -0.05) is 30.7 Å². The summed E-state index contributed by atoms with van der Waals surface area (Å²) in [5.74, 6) is -0.149. The largest absolute Gasteiger partial charge is 0.493 e. The van der Waals surface area contributed by atoms with E-state index in [1.807, 2.05) is 6.07 Å². The van der Waals surface area contributed by atoms with Gasteiger partial charge < -0.3 is 14.6 Å². The summed E-state index contributed by atoms with van der Waals surface area (Å²) in [6, 6.07) is 13.9. The number of aliphatic hydroxyl groups is 1. The summed E-state index contributed by atoms with van der Waals surface area (Å²) in [6.45, 7) is 2.00. The molecule has 2 aromatic carbocycles. The first-order valence-electron chi connectivity index (χ1n) is 11.5. The summed E-state index contributed by atoms with van der Waals surface area (Å²) in [4.78, 5) is 37.6. The minimum Gasteiger partial charge on any atom is -0.493 e. The van der Waals surface area contributed by atoms with Crippen molar-refractivity contribution in [1.82, 2.24) is 4.90 Å². The van der Waals surface area contributed by atoms with Crippen LogP contribution in [0.1, 0.15) is 71.4 Å². The van der Waals surface area contributed by atoms with Crippen molar-refractivity contribution in [3.8, 4) is 5.75 Å². The predicted octanol–water partition coefficient (Wildman–Crippen LogP) is 3.91. The standard InChI is InChI=1S/C26H29NO6/c1-17(28)33-24-12-5-2-7-19(24)16-32-20-9-6-8-18(15-20)23(29)13-14-27-25(30)21-10-3-4-11-22(21)26(27)31/h3-4,6,8-11,15,19,23-24,29H,2,5,7,12-14,16H2,1H3/t19-,23+,24+/m0/s1. The average molecular weight is 452 g/mol. The molecular weight excluding hydrogens is 422 g/mol. The number of carbonyl (C=O) groups excluding carboxylic acids is 3. The van der Waals surface area contributed by atoms with E-state index in [1.165, 1.54) is 11.8 Å². The molecule has 3 atom stereocenters. The highest BCUT2D eigenvalue weighted by molar-refractivity contribution is 6.21. The maximum absolute atomic E-state index is 12.5. The van der Waals surface area contributed by atoms with E-state index in [0.29, 0.717) is 29.0 Å². The van der Waals surface area contributed by atoms with Gasteiger partial charge in [0.15, 0.2) is 0 Å². The van der Waals surface area contributed by atoms with Crippen LogP contribution in [-0.4, -0.2) is 47.0 Å². The maximum Gasteiger partial charge on any atom is 0.302 e. The quantitative estimate of drug-likeness (QED) is 0.483. The molecule has 0 spiro atoms. The van der Waals surface area contributed by atoms with Gasteiger partial charge in [0.05, 0.1) is 23.8 Å². The van der Waals surface area contributed by atoms with Crippen molar-refractivity contribution in [2.75, 3.05) is 13.2 Å². The van der Waals surface area contributed by atoms with E-state index in [2.05, 4.69) is 0 Å². The zero-order valence-corrected chi connectivity index (χ0v) is 18.7. The molecule has 2 aromatic rings. The number of esters is 1. The van der Waals surface area contributed by atoms with E-state index in [9.17, 15) is 19.5 Å². The van der Waals surface area contributed by atoms with Crippen LogP contribution in [0.4, 0.5) is 0 Å². The zero-order chi connectivity index (χ0) is 23.4. The molecule has 7 heteroatoms. The number of amides is 2. The Morgan fingerprint density at radius 2 is 1.76 bits per heavy atom. The van der Waals surface area contributed by atoms with Gasteiger partial charge in [-0.25, -0.2) is 0 Å². The lowest BCUT2D eigenvalue weighted by Gasteiger charge is -2.30. The van der Waals surface area contributed by atoms with Crippen molar-refractivity contribution in [1.29, 1.82) is 0 Å². The molecule has 7 nitrogen and oxygen atoms in total. The molecular formula is C26H29NO6. The third kappa shape index (κ3) is 5.25. The van der Waals surface area contributed by atoms with Gasteiger partial charge in [-0.05, 0) is 55.5 Å². The molecule has 2 aliphatic rings. The van der Waals surface area contributed by atoms with Crippen LogP contribution in [-0.2, 0) is 9.53 Å². The third-order valence-electron chi connectivity index (χ3n) is 6.37. The van der Waals surface area contributed by atoms with E-state index in [-0.39, 0.29) is 42.8 Å². The Bertz CT molecular complexity index is 1000. The molecule has 1 heterocycles. The SMILES string of the molecule is CC(=O)O[C@@H]1CCCC[C@H]1COc1cccc([C@H](O)CCN2C(=O)c3ccccc3C2=O)c1. The van der Waals surface area contributed by atoms with Gasteiger partial charge in [-0.3, -0.25) is 19.3 Å². The van der Waals surface area contributed by atoms with Crippen molar-refractivity contribution in [2.24, 2.45) is 5.92 Å². The van der Waals surface area contributed by atoms with Crippen LogP contribution in [0, 0.1) is 5.92 Å². The summed E-state index contributed by atoms with van der Waals surface area (Å²) in [7, 11) is 0. The second kappa shape index (κ2) is 10.2. The van der Waals surface area contributed by atoms with Crippen molar-refractivity contribution < 1.29 is 29.0 Å². The van der Waals surface area contributed by atoms with Crippen LogP contribution in [0.5, 0.6) is 5.75 Å². The van der Waals surface area contributed by atoms with E-state index < -0.39 is 6.10 Å². The molecule has 4 rings (SSSR count). The van der Waals surface area contributed by atoms with Gasteiger partial charge in [0, 0.05) is 19.4 Å². The molecule has 0 unspecified atom stereocenters. The first-order chi connectivity index (χ1) is 15.9. The van der Waals surface area contributed by atoms with E-state index in [4.69, 9.17) is 9.47 Å². The Labute approximate surface area is 193 Å². The second-order valence-corrected chi connectivity index (χ2v) is 8.69. The Kier molecular flexibility index (Phi) is 7.08. The molecule has 1 saturated carbocycles. The van der Waals surface area contributed by atoms with E-state index >= 15 is 0 Å². The van der Waals surface area contributed by atoms with Gasteiger partial charge in [0.25, 0.3) is 11.8 Å². The number of hydrogen-bond donors (Lipinski definition) is 1. The van der Waals surface area contributed by atoms with Gasteiger partial charge in [0.2, 0.25) is 0 Å². The molecule has 1 N–H and O–H groups in total. The van der Waals surface area contributed by atoms with Gasteiger partial charge in [-0.2, -0.15) is 0 Å². The van der Waals surface area contributed by atoms with Gasteiger partial charge in [-0.15, -0.1) is 0 Å². The number of aliphatic hydroxyl groups excluding tert-OH is 1. The first kappa shape index (κ1) is 23.0. The van der Waals surface area contributed by atoms with Crippen LogP contribution in [0.2, 0.25) is 0 Å². The maximum atomic E-state index is 12.5. The Morgan fingerprint density at radius 3 is 2.45 bits per heavy atom. The number of hydrogen-bond acceptors (Lipinski definition) is 6. The molecule has 2 amide bonds. The molecule has 33 heavy (non-hydrogen) atoms. The molecule has 1 fully saturated rings. The predicted molar refractivity (Wildman–Crippen MR) is 121 cm³/mol. The third-order valence-corrected chi connectivity index (χ3v) is 6.37. The first-order valence-corrected chi connectivity index (χ1v) is 11.5. The number of carbonyl (C=O) groups is 3. The monoisotopic (exact) mass is 451 g/mol. The minimum atomic E-state index is -0.846. The van der Waals surface area contributed by atoms with Crippen LogP contribution in [0.3, 0.4) is 0 Å². The topological polar surface area (TPSA) is 93.1 Å². The lowest BCUT2D eigenvalue weighted by molar-refractivity contribution is -0.151. The van der Waals surface area contributed by atoms with Crippen molar-refractivity contribution >= 4 is 17.8 Å². The molecule has 1 aliphatic heterocycles. The summed E-state index contributed by atoms with van der Waals surface area (Å²) < 4.78 is 11.4. The Morgan fingerprint density at radius 1 is 1.06 bits per heavy atom. The highest BCUT2D eigenvalue weighted by Gasteiger charge is 2.35. The number of nitrogens with zero attached hydrogens (tertiary/aromatic N) is 1. The number of ether oxygens (including phenoxy) is 2. The number of rotatable bonds is 8. The molecule has 0 saturated heterocycles. The fourth-order valence-corrected chi connectivity index (χ4v) is 4.61. The number of imide groups is 1. The number of benzene rings is 2. The second-order valence-electron chi connectivity index (χ2n) is 8.69. The highest BCUT2D eigenvalue weighted by atomic mass is 16.5. The van der Waals surface area contributed by atoms with Crippen LogP contribution < -0.4 is 4.74 Å². The van der Waals surface area contributed by atoms with E-state index in [1.54, 1.807) is 42.5 Å². The summed E-state index contributed by atoms with van der Waals surface area (Å²) in [6.07, 6.45) is 3.19. The van der Waals surface area contributed by atoms with Crippen molar-refractivity contribution in [3.63, 3.8) is 0 Å². The average Bonchev–Trinajstić information content (AvgIpc) is 3.06. The van der Waals surface area contributed by atoms with Crippen LogP contribution in [0.25, 0.3) is 0 Å². The van der Waals surface area contributed by atoms with Crippen LogP contribution in [0.15, 0.2) is 48.5 Å². The zero-order valence-electron chi connectivity index (χ0n) is 18.7. The molecule has 1 aliphatic carbocycles. The van der Waals surface area contributed by atoms with Crippen molar-refractivity contribution in [2.45, 2.75) is 51.2 Å². The molecule has 0 aromatic heterocycles. The van der Waals surface area contributed by atoms with Crippen LogP contribution >= 0.6 is 0 Å². The molecule has 0 bridgehead atoms. The van der Waals surface area contributed by atoms with Gasteiger partial charge >= 0.3 is 5.97 Å². The summed E-state index contributed by atoms with van der Waals surface area (Å²) >= 11 is 0. The lowest BCUT2D eigenvalue weighted by atomic mass is 9.87. The fraction of sp³-hybridized carbons (Fsp3) is 0.423. The summed E-state index contributed by atoms with van der Waals surface area (Å²) in [5, 5.41) is 10.7. The normalized spacial score (nSPS) is 21.0. The van der Waals surface area contributed by atoms with E-state index in [0.717, 1.165) is 25.7 Å². The number of fused-ring (bicyclic) bond motifs is 1.